The van der Waals surface area contributed by atoms with Crippen LogP contribution in [0.15, 0.2) is 24.3 Å². The molecule has 0 bridgehead atoms. The standard InChI is InChI=1S/C15H20FNO2/c1-12(18)15(7-9-17(2)10-8-15)19-11-13-5-3-4-6-14(13)16/h3-6H,7-11H2,1-2H3. The lowest BCUT2D eigenvalue weighted by Crippen LogP contribution is -2.49. The van der Waals surface area contributed by atoms with Crippen molar-refractivity contribution in [3.05, 3.63) is 35.6 Å². The molecule has 0 spiro atoms. The number of halogens is 1. The monoisotopic (exact) mass is 265 g/mol. The number of carbonyl (C=O) groups is 1. The lowest BCUT2D eigenvalue weighted by molar-refractivity contribution is -0.151. The average molecular weight is 265 g/mol. The van der Waals surface area contributed by atoms with E-state index in [1.54, 1.807) is 25.1 Å². The molecule has 0 saturated carbocycles. The van der Waals surface area contributed by atoms with Gasteiger partial charge in [-0.05, 0) is 32.9 Å². The largest absolute Gasteiger partial charge is 0.362 e. The van der Waals surface area contributed by atoms with E-state index in [0.29, 0.717) is 18.4 Å². The van der Waals surface area contributed by atoms with Gasteiger partial charge in [-0.3, -0.25) is 4.79 Å². The van der Waals surface area contributed by atoms with Crippen LogP contribution in [0.4, 0.5) is 4.39 Å². The first-order chi connectivity index (χ1) is 9.03. The van der Waals surface area contributed by atoms with Crippen LogP contribution in [0.2, 0.25) is 0 Å². The summed E-state index contributed by atoms with van der Waals surface area (Å²) >= 11 is 0. The molecule has 1 fully saturated rings. The van der Waals surface area contributed by atoms with Gasteiger partial charge >= 0.3 is 0 Å². The van der Waals surface area contributed by atoms with Gasteiger partial charge in [0.25, 0.3) is 0 Å². The van der Waals surface area contributed by atoms with Gasteiger partial charge in [0.1, 0.15) is 11.4 Å². The third kappa shape index (κ3) is 3.19. The number of nitrogens with zero attached hydrogens (tertiary/aromatic N) is 1. The Bertz CT molecular complexity index is 453. The molecule has 0 aromatic heterocycles. The minimum absolute atomic E-state index is 0.0388. The molecule has 1 aliphatic heterocycles. The fourth-order valence-electron chi connectivity index (χ4n) is 2.41. The van der Waals surface area contributed by atoms with E-state index in [-0.39, 0.29) is 18.2 Å². The average Bonchev–Trinajstić information content (AvgIpc) is 2.40. The zero-order valence-electron chi connectivity index (χ0n) is 11.5. The molecule has 19 heavy (non-hydrogen) atoms. The van der Waals surface area contributed by atoms with Crippen molar-refractivity contribution in [3.8, 4) is 0 Å². The lowest BCUT2D eigenvalue weighted by atomic mass is 9.87. The van der Waals surface area contributed by atoms with Crippen molar-refractivity contribution in [2.24, 2.45) is 0 Å². The number of carbonyl (C=O) groups excluding carboxylic acids is 1. The molecule has 4 heteroatoms. The molecule has 0 aliphatic carbocycles. The van der Waals surface area contributed by atoms with Crippen molar-refractivity contribution in [2.45, 2.75) is 32.0 Å². The summed E-state index contributed by atoms with van der Waals surface area (Å²) in [5.41, 5.74) is -0.239. The van der Waals surface area contributed by atoms with Gasteiger partial charge in [-0.15, -0.1) is 0 Å². The topological polar surface area (TPSA) is 29.5 Å². The fraction of sp³-hybridized carbons (Fsp3) is 0.533. The van der Waals surface area contributed by atoms with Crippen LogP contribution in [0, 0.1) is 5.82 Å². The molecule has 1 aromatic rings. The van der Waals surface area contributed by atoms with Gasteiger partial charge in [-0.25, -0.2) is 4.39 Å². The summed E-state index contributed by atoms with van der Waals surface area (Å²) < 4.78 is 19.4. The molecule has 2 rings (SSSR count). The van der Waals surface area contributed by atoms with Crippen molar-refractivity contribution in [1.82, 2.24) is 4.90 Å². The first-order valence-corrected chi connectivity index (χ1v) is 6.60. The highest BCUT2D eigenvalue weighted by Crippen LogP contribution is 2.28. The van der Waals surface area contributed by atoms with E-state index < -0.39 is 5.60 Å². The van der Waals surface area contributed by atoms with Crippen LogP contribution in [0.1, 0.15) is 25.3 Å². The zero-order chi connectivity index (χ0) is 13.9. The van der Waals surface area contributed by atoms with Crippen molar-refractivity contribution in [1.29, 1.82) is 0 Å². The van der Waals surface area contributed by atoms with Gasteiger partial charge in [0, 0.05) is 18.7 Å². The maximum absolute atomic E-state index is 13.6. The van der Waals surface area contributed by atoms with E-state index in [1.807, 2.05) is 7.05 Å². The number of ether oxygens (including phenoxy) is 1. The van der Waals surface area contributed by atoms with Gasteiger partial charge in [0.05, 0.1) is 6.61 Å². The molecule has 104 valence electrons. The Balaban J connectivity index is 2.06. The number of piperidine rings is 1. The summed E-state index contributed by atoms with van der Waals surface area (Å²) in [4.78, 5) is 14.1. The lowest BCUT2D eigenvalue weighted by Gasteiger charge is -2.38. The van der Waals surface area contributed by atoms with E-state index in [0.717, 1.165) is 13.1 Å². The molecule has 1 saturated heterocycles. The molecule has 0 atom stereocenters. The minimum Gasteiger partial charge on any atom is -0.362 e. The second-order valence-electron chi connectivity index (χ2n) is 5.23. The maximum Gasteiger partial charge on any atom is 0.161 e. The van der Waals surface area contributed by atoms with Crippen LogP contribution in [0.25, 0.3) is 0 Å². The van der Waals surface area contributed by atoms with E-state index in [9.17, 15) is 9.18 Å². The number of hydrogen-bond donors (Lipinski definition) is 0. The van der Waals surface area contributed by atoms with Crippen LogP contribution in [-0.4, -0.2) is 36.4 Å². The normalized spacial score (nSPS) is 19.3. The molecule has 1 aliphatic rings. The Labute approximate surface area is 113 Å². The molecule has 0 radical (unpaired) electrons. The molecule has 1 heterocycles. The summed E-state index contributed by atoms with van der Waals surface area (Å²) in [5, 5.41) is 0. The van der Waals surface area contributed by atoms with Crippen molar-refractivity contribution in [2.75, 3.05) is 20.1 Å². The molecule has 0 N–H and O–H groups in total. The molecule has 0 unspecified atom stereocenters. The van der Waals surface area contributed by atoms with Gasteiger partial charge in [-0.2, -0.15) is 0 Å². The number of rotatable bonds is 4. The molecule has 0 amide bonds. The predicted octanol–water partition coefficient (Wildman–Crippen LogP) is 2.40. The second kappa shape index (κ2) is 5.80. The summed E-state index contributed by atoms with van der Waals surface area (Å²) in [6, 6.07) is 6.53. The summed E-state index contributed by atoms with van der Waals surface area (Å²) in [5.74, 6) is -0.244. The second-order valence-corrected chi connectivity index (χ2v) is 5.23. The van der Waals surface area contributed by atoms with Gasteiger partial charge in [0.15, 0.2) is 5.78 Å². The molecule has 1 aromatic carbocycles. The Kier molecular flexibility index (Phi) is 4.32. The summed E-state index contributed by atoms with van der Waals surface area (Å²) in [6.07, 6.45) is 1.35. The Hall–Kier alpha value is -1.26. The van der Waals surface area contributed by atoms with Crippen LogP contribution in [0.3, 0.4) is 0 Å². The van der Waals surface area contributed by atoms with Crippen molar-refractivity contribution >= 4 is 5.78 Å². The first kappa shape index (κ1) is 14.2. The first-order valence-electron chi connectivity index (χ1n) is 6.60. The predicted molar refractivity (Wildman–Crippen MR) is 71.3 cm³/mol. The fourth-order valence-corrected chi connectivity index (χ4v) is 2.41. The highest BCUT2D eigenvalue weighted by Gasteiger charge is 2.39. The number of hydrogen-bond acceptors (Lipinski definition) is 3. The number of ketones is 1. The number of Topliss-reactive ketones (excluding diaryl/α,β-unsaturated/α-hetero) is 1. The minimum atomic E-state index is -0.741. The third-order valence-corrected chi connectivity index (χ3v) is 3.90. The van der Waals surface area contributed by atoms with Gasteiger partial charge in [0.2, 0.25) is 0 Å². The Morgan fingerprint density at radius 1 is 1.37 bits per heavy atom. The maximum atomic E-state index is 13.6. The number of likely N-dealkylation sites (tertiary alicyclic amines) is 1. The Morgan fingerprint density at radius 2 is 2.00 bits per heavy atom. The summed E-state index contributed by atoms with van der Waals surface area (Å²) in [6.45, 7) is 3.37. The van der Waals surface area contributed by atoms with Crippen molar-refractivity contribution in [3.63, 3.8) is 0 Å². The van der Waals surface area contributed by atoms with Crippen LogP contribution >= 0.6 is 0 Å². The van der Waals surface area contributed by atoms with Crippen LogP contribution in [0.5, 0.6) is 0 Å². The van der Waals surface area contributed by atoms with E-state index in [1.165, 1.54) is 6.07 Å². The molecular formula is C15H20FNO2. The van der Waals surface area contributed by atoms with E-state index >= 15 is 0 Å². The van der Waals surface area contributed by atoms with Crippen LogP contribution in [-0.2, 0) is 16.1 Å². The molecule has 3 nitrogen and oxygen atoms in total. The van der Waals surface area contributed by atoms with E-state index in [4.69, 9.17) is 4.74 Å². The Morgan fingerprint density at radius 3 is 2.58 bits per heavy atom. The van der Waals surface area contributed by atoms with Gasteiger partial charge < -0.3 is 9.64 Å². The number of benzene rings is 1. The van der Waals surface area contributed by atoms with Crippen molar-refractivity contribution < 1.29 is 13.9 Å². The smallest absolute Gasteiger partial charge is 0.161 e. The summed E-state index contributed by atoms with van der Waals surface area (Å²) in [7, 11) is 2.03. The quantitative estimate of drug-likeness (QED) is 0.837. The highest BCUT2D eigenvalue weighted by molar-refractivity contribution is 5.85. The third-order valence-electron chi connectivity index (χ3n) is 3.90. The zero-order valence-corrected chi connectivity index (χ0v) is 11.5. The highest BCUT2D eigenvalue weighted by atomic mass is 19.1. The van der Waals surface area contributed by atoms with Crippen LogP contribution < -0.4 is 0 Å². The van der Waals surface area contributed by atoms with Gasteiger partial charge in [-0.1, -0.05) is 18.2 Å². The molecular weight excluding hydrogens is 245 g/mol. The van der Waals surface area contributed by atoms with E-state index in [2.05, 4.69) is 4.90 Å². The SMILES string of the molecule is CC(=O)C1(OCc2ccccc2F)CCN(C)CC1.